The number of aliphatic hydroxyl groups excluding tert-OH is 1. The van der Waals surface area contributed by atoms with E-state index in [2.05, 4.69) is 148 Å². The van der Waals surface area contributed by atoms with Crippen LogP contribution in [-0.4, -0.2) is 118 Å². The number of benzene rings is 1. The number of likely N-dealkylation sites (tertiary alicyclic amines) is 1. The first kappa shape index (κ1) is 84.5. The molecule has 4 spiro atoms. The molecule has 10 aliphatic carbocycles. The molecule has 14 aliphatic rings. The van der Waals surface area contributed by atoms with Crippen LogP contribution in [0.25, 0.3) is 0 Å². The molecule has 14 fully saturated rings. The van der Waals surface area contributed by atoms with Gasteiger partial charge in [-0.05, 0) is 305 Å². The Morgan fingerprint density at radius 3 is 1.36 bits per heavy atom. The minimum Gasteiger partial charge on any atom is -0.439 e. The molecule has 0 aromatic heterocycles. The summed E-state index contributed by atoms with van der Waals surface area (Å²) in [6.07, 6.45) is 22.7. The Morgan fingerprint density at radius 1 is 0.623 bits per heavy atom. The SMILES string of the molecule is C1CNC1.C=C(C)[C@@H](O)[C@H]1C[C@@H](C)[C@H]2[C@H](O1)[C@H](O[Si](CC)(CC)CC)[C@@]1(C)[C@@H]3CC[C@H]4C(C)(C)[C@@H](C)CC[C@@]45C[C@@]35CC[C@]21C.C=C(C)[C@@H](OC(=O)N1CCC1)[C@H]1C[C@@H](C)[C@H]2[C@H](O1)[C@H](O[Si](CC)(CC)CC)[C@@]1(C)[C@@H]3CC[C@H]4C(C)(C)[C@@H](C)CC[C@@]45C[C@@]35CC[C@]21C.Cl.O=C(Cl)Oc1ccc([N+](=O)[O-])cc1. The smallest absolute Gasteiger partial charge is 0.410 e. The minimum absolute atomic E-state index is 0. The number of nitro groups is 1. The molecule has 1 amide bonds. The van der Waals surface area contributed by atoms with E-state index in [9.17, 15) is 24.8 Å². The van der Waals surface area contributed by atoms with Crippen LogP contribution < -0.4 is 10.1 Å². The first-order valence-electron chi connectivity index (χ1n) is 42.8. The number of carbonyl (C=O) groups excluding carboxylic acids is 2. The van der Waals surface area contributed by atoms with E-state index in [-0.39, 0.29) is 88.2 Å². The summed E-state index contributed by atoms with van der Waals surface area (Å²) in [6, 6.07) is 12.0. The molecule has 15 rings (SSSR count). The molecule has 106 heavy (non-hydrogen) atoms. The van der Waals surface area contributed by atoms with Crippen molar-refractivity contribution in [1.82, 2.24) is 10.2 Å². The fraction of sp³-hybridized carbons (Fsp3) is 0.864. The van der Waals surface area contributed by atoms with Gasteiger partial charge < -0.3 is 43.1 Å². The maximum Gasteiger partial charge on any atom is 0.410 e. The van der Waals surface area contributed by atoms with Crippen molar-refractivity contribution in [1.29, 1.82) is 0 Å². The Bertz CT molecular complexity index is 3340. The Labute approximate surface area is 654 Å². The van der Waals surface area contributed by atoms with E-state index < -0.39 is 39.2 Å². The van der Waals surface area contributed by atoms with Gasteiger partial charge in [-0.3, -0.25) is 10.1 Å². The van der Waals surface area contributed by atoms with Crippen molar-refractivity contribution in [3.05, 3.63) is 58.7 Å². The van der Waals surface area contributed by atoms with Crippen LogP contribution in [0.1, 0.15) is 254 Å². The average molecular weight is 1550 g/mol. The number of carbonyl (C=O) groups is 2. The number of halogens is 2. The van der Waals surface area contributed by atoms with Crippen LogP contribution in [0.15, 0.2) is 48.6 Å². The van der Waals surface area contributed by atoms with Crippen LogP contribution >= 0.6 is 24.0 Å². The lowest BCUT2D eigenvalue weighted by Gasteiger charge is -2.64. The lowest BCUT2D eigenvalue weighted by Crippen LogP contribution is -2.60. The zero-order valence-corrected chi connectivity index (χ0v) is 73.2. The van der Waals surface area contributed by atoms with Gasteiger partial charge in [0.15, 0.2) is 22.7 Å². The summed E-state index contributed by atoms with van der Waals surface area (Å²) in [7, 11) is -3.88. The van der Waals surface area contributed by atoms with E-state index in [1.807, 2.05) is 18.7 Å². The predicted molar refractivity (Wildman–Crippen MR) is 434 cm³/mol. The number of hydrogen-bond donors (Lipinski definition) is 2. The number of nitro benzene ring substituents is 1. The van der Waals surface area contributed by atoms with Crippen molar-refractivity contribution >= 4 is 57.9 Å². The van der Waals surface area contributed by atoms with Crippen molar-refractivity contribution in [2.45, 2.75) is 339 Å². The number of hydrogen-bond acceptors (Lipinski definition) is 12. The van der Waals surface area contributed by atoms with Crippen LogP contribution in [-0.2, 0) is 23.1 Å². The van der Waals surface area contributed by atoms with Crippen molar-refractivity contribution in [3.63, 3.8) is 0 Å². The second-order valence-corrected chi connectivity index (χ2v) is 49.8. The second kappa shape index (κ2) is 30.4. The van der Waals surface area contributed by atoms with Crippen molar-refractivity contribution in [3.8, 4) is 5.75 Å². The van der Waals surface area contributed by atoms with Crippen LogP contribution in [0.2, 0.25) is 36.3 Å². The number of nitrogens with one attached hydrogen (secondary N) is 1. The summed E-state index contributed by atoms with van der Waals surface area (Å²) in [5.41, 5.74) is 4.18. The highest BCUT2D eigenvalue weighted by atomic mass is 35.5. The third-order valence-electron chi connectivity index (χ3n) is 36.3. The summed E-state index contributed by atoms with van der Waals surface area (Å²) in [5.74, 6) is 6.91. The molecule has 0 bridgehead atoms. The minimum atomic E-state index is -1.97. The van der Waals surface area contributed by atoms with E-state index in [1.165, 1.54) is 152 Å². The molecule has 2 N–H and O–H groups in total. The normalized spacial score (nSPS) is 43.8. The fourth-order valence-corrected chi connectivity index (χ4v) is 34.6. The first-order valence-corrected chi connectivity index (χ1v) is 48.2. The molecule has 4 saturated heterocycles. The van der Waals surface area contributed by atoms with Crippen molar-refractivity contribution in [2.24, 2.45) is 113 Å². The van der Waals surface area contributed by atoms with Gasteiger partial charge in [-0.1, -0.05) is 138 Å². The number of non-ortho nitro benzene ring substituents is 1. The Balaban J connectivity index is 0.000000173. The van der Waals surface area contributed by atoms with Gasteiger partial charge in [0.1, 0.15) is 11.9 Å². The second-order valence-electron chi connectivity index (χ2n) is 40.1. The molecule has 1 aromatic rings. The number of aliphatic hydroxyl groups is 1. The van der Waals surface area contributed by atoms with Gasteiger partial charge in [0.2, 0.25) is 0 Å². The highest BCUT2D eigenvalue weighted by Gasteiger charge is 2.87. The summed E-state index contributed by atoms with van der Waals surface area (Å²) in [6.45, 7) is 62.2. The molecular formula is C88H145Cl2N3O11Si2. The lowest BCUT2D eigenvalue weighted by molar-refractivity contribution is -0.384. The molecule has 4 heterocycles. The topological polar surface area (TPSA) is 168 Å². The highest BCUT2D eigenvalue weighted by molar-refractivity contribution is 6.74. The monoisotopic (exact) mass is 1550 g/mol. The van der Waals surface area contributed by atoms with E-state index >= 15 is 0 Å². The average Bonchev–Trinajstić information content (AvgIpc) is 1.46. The molecule has 10 saturated carbocycles. The Morgan fingerprint density at radius 2 is 1.01 bits per heavy atom. The van der Waals surface area contributed by atoms with E-state index in [0.717, 1.165) is 91.2 Å². The summed E-state index contributed by atoms with van der Waals surface area (Å²) < 4.78 is 41.1. The van der Waals surface area contributed by atoms with E-state index in [0.29, 0.717) is 62.1 Å². The van der Waals surface area contributed by atoms with Gasteiger partial charge in [0.25, 0.3) is 5.69 Å². The maximum absolute atomic E-state index is 13.1. The van der Waals surface area contributed by atoms with Crippen LogP contribution in [0.3, 0.4) is 0 Å². The van der Waals surface area contributed by atoms with Gasteiger partial charge in [0.05, 0.1) is 41.5 Å². The molecule has 26 atom stereocenters. The van der Waals surface area contributed by atoms with Gasteiger partial charge in [-0.2, -0.15) is 0 Å². The predicted octanol–water partition coefficient (Wildman–Crippen LogP) is 22.4. The van der Waals surface area contributed by atoms with Gasteiger partial charge in [-0.15, -0.1) is 12.4 Å². The number of amides is 1. The standard InChI is InChI=1S/C41H69NO4Si.C37H64O3Si.C7H4ClNO4.C3H7N.ClH/c1-12-47(13-2,14-3)46-35-34-32(27(6)24-29(44-34)33(26(4)5)45-36(43)42-22-15-23-42)38(10)20-21-41-25-40(41)19-18-28(7)37(8,9)30(40)16-17-31(41)39(35,38)11;1-12-41(13-2,14-3)40-32-31-29(24(6)21-26(39-31)30(38)23(4)5)34(10)19-20-37-22-36(37)18-17-25(7)33(8,9)27(36)15-16-28(37)35(32,34)11;8-7(10)13-6-3-1-5(2-4-6)9(11)12;1-2-4-3-1;/h27-35H,4,12-25H2,1-3,5-11H3;24-32,38H,4,12-22H2,1-3,5-11H3;1-4H;4H,1-3H2;1H/t27-,28+,29-,30+,31+,32+,33-,34+,35+,38-,39-,40-,41+;24-,25+,26-,27+,28+,29+,30-,31+,32+,34-,35-,36-,37+;;;/m11.../s1. The molecular weight excluding hydrogens is 1400 g/mol. The third kappa shape index (κ3) is 13.0. The van der Waals surface area contributed by atoms with Gasteiger partial charge in [-0.25, -0.2) is 9.59 Å². The number of ether oxygens (including phenoxy) is 4. The zero-order valence-electron chi connectivity index (χ0n) is 69.6. The maximum atomic E-state index is 13.1. The molecule has 600 valence electrons. The Kier molecular flexibility index (Phi) is 24.3. The molecule has 0 radical (unpaired) electrons. The third-order valence-corrected chi connectivity index (χ3v) is 45.6. The van der Waals surface area contributed by atoms with E-state index in [4.69, 9.17) is 34.7 Å². The fourth-order valence-electron chi connectivity index (χ4n) is 28.7. The van der Waals surface area contributed by atoms with Crippen molar-refractivity contribution in [2.75, 3.05) is 26.2 Å². The largest absolute Gasteiger partial charge is 0.439 e. The van der Waals surface area contributed by atoms with Crippen LogP contribution in [0.5, 0.6) is 5.75 Å². The molecule has 0 unspecified atom stereocenters. The molecule has 14 nitrogen and oxygen atoms in total. The first-order chi connectivity index (χ1) is 49.3. The van der Waals surface area contributed by atoms with Gasteiger partial charge >= 0.3 is 11.5 Å². The molecule has 18 heteroatoms. The highest BCUT2D eigenvalue weighted by Crippen LogP contribution is 2.92. The van der Waals surface area contributed by atoms with Crippen LogP contribution in [0.4, 0.5) is 15.3 Å². The van der Waals surface area contributed by atoms with Crippen molar-refractivity contribution < 1.29 is 47.4 Å². The number of rotatable bonds is 17. The summed E-state index contributed by atoms with van der Waals surface area (Å²) in [5, 5.41) is 24.5. The number of fused-ring (bicyclic) bond motifs is 8. The zero-order chi connectivity index (χ0) is 76.6. The quantitative estimate of drug-likeness (QED) is 0.0499. The number of nitrogens with zero attached hydrogens (tertiary/aromatic N) is 2. The lowest BCUT2D eigenvalue weighted by atomic mass is 9.41. The van der Waals surface area contributed by atoms with E-state index in [1.54, 1.807) is 0 Å². The summed E-state index contributed by atoms with van der Waals surface area (Å²) >= 11 is 4.92. The molecule has 4 aliphatic heterocycles. The van der Waals surface area contributed by atoms with Gasteiger partial charge in [0, 0.05) is 47.7 Å². The Hall–Kier alpha value is -2.39. The summed E-state index contributed by atoms with van der Waals surface area (Å²) in [4.78, 5) is 34.9. The van der Waals surface area contributed by atoms with Crippen LogP contribution in [0, 0.1) is 123 Å². The molecule has 1 aromatic carbocycles.